The molecule has 2 atom stereocenters. The molecule has 1 aromatic carbocycles. The Labute approximate surface area is 161 Å². The number of allylic oxidation sites excluding steroid dienone is 1. The van der Waals surface area contributed by atoms with Crippen LogP contribution in [0, 0.1) is 6.92 Å². The van der Waals surface area contributed by atoms with Crippen molar-refractivity contribution >= 4 is 6.08 Å². The number of aryl methyl sites for hydroxylation is 1. The van der Waals surface area contributed by atoms with Gasteiger partial charge in [0.05, 0.1) is 12.1 Å². The molecule has 5 nitrogen and oxygen atoms in total. The van der Waals surface area contributed by atoms with E-state index in [1.54, 1.807) is 0 Å². The Hall–Kier alpha value is -2.40. The Morgan fingerprint density at radius 2 is 1.63 bits per heavy atom. The minimum absolute atomic E-state index is 0.300. The van der Waals surface area contributed by atoms with Crippen molar-refractivity contribution in [2.45, 2.75) is 51.9 Å². The van der Waals surface area contributed by atoms with Crippen molar-refractivity contribution in [2.75, 3.05) is 13.1 Å². The van der Waals surface area contributed by atoms with Crippen LogP contribution < -0.4 is 0 Å². The third-order valence-electron chi connectivity index (χ3n) is 6.19. The molecule has 5 rings (SSSR count). The molecule has 2 unspecified atom stereocenters. The first-order valence-electron chi connectivity index (χ1n) is 10.0. The Kier molecular flexibility index (Phi) is 4.12. The summed E-state index contributed by atoms with van der Waals surface area (Å²) < 4.78 is 2.26. The molecule has 5 heteroatoms. The van der Waals surface area contributed by atoms with Gasteiger partial charge in [0, 0.05) is 18.8 Å². The Balaban J connectivity index is 1.31. The van der Waals surface area contributed by atoms with Crippen LogP contribution >= 0.6 is 0 Å². The largest absolute Gasteiger partial charge is 0.362 e. The van der Waals surface area contributed by atoms with E-state index in [1.165, 1.54) is 42.8 Å². The fraction of sp³-hybridized carbons (Fsp3) is 0.455. The zero-order valence-electron chi connectivity index (χ0n) is 16.2. The number of benzene rings is 1. The van der Waals surface area contributed by atoms with Crippen molar-refractivity contribution < 1.29 is 0 Å². The summed E-state index contributed by atoms with van der Waals surface area (Å²) in [5.74, 6) is 1.95. The van der Waals surface area contributed by atoms with E-state index < -0.39 is 0 Å². The minimum Gasteiger partial charge on any atom is -0.362 e. The molecule has 140 valence electrons. The van der Waals surface area contributed by atoms with Crippen LogP contribution in [-0.4, -0.2) is 43.7 Å². The van der Waals surface area contributed by atoms with Crippen molar-refractivity contribution in [2.24, 2.45) is 0 Å². The number of nitrogens with zero attached hydrogens (tertiary/aromatic N) is 5. The second-order valence-electron chi connectivity index (χ2n) is 8.05. The molecule has 3 aliphatic heterocycles. The Morgan fingerprint density at radius 3 is 2.37 bits per heavy atom. The van der Waals surface area contributed by atoms with Crippen LogP contribution in [0.4, 0.5) is 0 Å². The maximum atomic E-state index is 4.28. The van der Waals surface area contributed by atoms with Crippen molar-refractivity contribution in [3.8, 4) is 0 Å². The highest BCUT2D eigenvalue weighted by molar-refractivity contribution is 5.48. The maximum Gasteiger partial charge on any atom is 0.157 e. The molecule has 0 aliphatic carbocycles. The van der Waals surface area contributed by atoms with Crippen LogP contribution in [0.2, 0.25) is 0 Å². The summed E-state index contributed by atoms with van der Waals surface area (Å²) in [6, 6.07) is 9.85. The van der Waals surface area contributed by atoms with Crippen LogP contribution in [0.1, 0.15) is 48.6 Å². The first-order chi connectivity index (χ1) is 13.2. The predicted octanol–water partition coefficient (Wildman–Crippen LogP) is 3.54. The van der Waals surface area contributed by atoms with E-state index in [4.69, 9.17) is 0 Å². The van der Waals surface area contributed by atoms with Crippen molar-refractivity contribution in [3.63, 3.8) is 0 Å². The van der Waals surface area contributed by atoms with Crippen molar-refractivity contribution in [3.05, 3.63) is 64.9 Å². The molecule has 4 heterocycles. The quantitative estimate of drug-likeness (QED) is 0.835. The normalized spacial score (nSPS) is 24.2. The molecule has 3 aliphatic rings. The molecule has 0 N–H and O–H groups in total. The molecule has 2 aromatic rings. The molecule has 0 saturated carbocycles. The molecule has 0 radical (unpaired) electrons. The van der Waals surface area contributed by atoms with Gasteiger partial charge < -0.3 is 9.47 Å². The van der Waals surface area contributed by atoms with Crippen LogP contribution in [0.3, 0.4) is 0 Å². The standard InChI is InChI=1S/C22H27N5/c1-16-13-21-20(9-10-22-24-23-17(2)27(21)22)26(16)15-19-7-5-18(6-8-19)14-25-11-3-4-12-25/h5-10,13,20-21H,3-4,11-12,14-15H2,1-2H3. The highest BCUT2D eigenvalue weighted by Gasteiger charge is 2.36. The van der Waals surface area contributed by atoms with E-state index in [-0.39, 0.29) is 0 Å². The zero-order chi connectivity index (χ0) is 18.4. The van der Waals surface area contributed by atoms with Gasteiger partial charge in [0.25, 0.3) is 0 Å². The third kappa shape index (κ3) is 3.00. The number of hydrogen-bond donors (Lipinski definition) is 0. The monoisotopic (exact) mass is 361 g/mol. The number of hydrogen-bond acceptors (Lipinski definition) is 4. The molecule has 1 saturated heterocycles. The van der Waals surface area contributed by atoms with Gasteiger partial charge in [-0.05, 0) is 63.1 Å². The summed E-state index contributed by atoms with van der Waals surface area (Å²) in [6.07, 6.45) is 9.45. The van der Waals surface area contributed by atoms with Gasteiger partial charge in [0.15, 0.2) is 5.82 Å². The zero-order valence-corrected chi connectivity index (χ0v) is 16.2. The molecule has 0 spiro atoms. The SMILES string of the molecule is CC1=CC2C(C=Cc3nnc(C)n32)N1Cc1ccc(CN2CCCC2)cc1. The summed E-state index contributed by atoms with van der Waals surface area (Å²) in [5.41, 5.74) is 4.12. The highest BCUT2D eigenvalue weighted by atomic mass is 15.3. The van der Waals surface area contributed by atoms with Gasteiger partial charge in [-0.25, -0.2) is 0 Å². The van der Waals surface area contributed by atoms with E-state index in [1.807, 2.05) is 6.92 Å². The number of fused-ring (bicyclic) bond motifs is 3. The van der Waals surface area contributed by atoms with Crippen LogP contribution in [-0.2, 0) is 13.1 Å². The summed E-state index contributed by atoms with van der Waals surface area (Å²) in [7, 11) is 0. The first-order valence-corrected chi connectivity index (χ1v) is 10.0. The maximum absolute atomic E-state index is 4.28. The van der Waals surface area contributed by atoms with Gasteiger partial charge in [0.1, 0.15) is 5.82 Å². The highest BCUT2D eigenvalue weighted by Crippen LogP contribution is 2.37. The average molecular weight is 361 g/mol. The van der Waals surface area contributed by atoms with Crippen LogP contribution in [0.15, 0.2) is 42.1 Å². The minimum atomic E-state index is 0.300. The lowest BCUT2D eigenvalue weighted by molar-refractivity contribution is 0.269. The number of likely N-dealkylation sites (tertiary alicyclic amines) is 1. The molecule has 1 aromatic heterocycles. The van der Waals surface area contributed by atoms with Gasteiger partial charge in [-0.3, -0.25) is 4.90 Å². The molecule has 0 amide bonds. The van der Waals surface area contributed by atoms with E-state index in [0.717, 1.165) is 24.7 Å². The Morgan fingerprint density at radius 1 is 0.926 bits per heavy atom. The average Bonchev–Trinajstić information content (AvgIpc) is 3.38. The lowest BCUT2D eigenvalue weighted by Crippen LogP contribution is -2.35. The number of rotatable bonds is 4. The van der Waals surface area contributed by atoms with Crippen molar-refractivity contribution in [1.82, 2.24) is 24.6 Å². The van der Waals surface area contributed by atoms with E-state index in [9.17, 15) is 0 Å². The molecule has 27 heavy (non-hydrogen) atoms. The summed E-state index contributed by atoms with van der Waals surface area (Å²) >= 11 is 0. The lowest BCUT2D eigenvalue weighted by atomic mass is 10.0. The van der Waals surface area contributed by atoms with Gasteiger partial charge in [0.2, 0.25) is 0 Å². The molecular formula is C22H27N5. The van der Waals surface area contributed by atoms with Crippen molar-refractivity contribution in [1.29, 1.82) is 0 Å². The topological polar surface area (TPSA) is 37.2 Å². The fourth-order valence-corrected chi connectivity index (χ4v) is 4.73. The number of aromatic nitrogens is 3. The van der Waals surface area contributed by atoms with Gasteiger partial charge in [-0.15, -0.1) is 10.2 Å². The third-order valence-corrected chi connectivity index (χ3v) is 6.19. The predicted molar refractivity (Wildman–Crippen MR) is 107 cm³/mol. The molecule has 1 fully saturated rings. The summed E-state index contributed by atoms with van der Waals surface area (Å²) in [5, 5.41) is 8.53. The van der Waals surface area contributed by atoms with E-state index >= 15 is 0 Å². The van der Waals surface area contributed by atoms with Crippen LogP contribution in [0.5, 0.6) is 0 Å². The van der Waals surface area contributed by atoms with E-state index in [2.05, 4.69) is 74.0 Å². The molecule has 0 bridgehead atoms. The summed E-state index contributed by atoms with van der Waals surface area (Å²) in [6.45, 7) is 8.78. The van der Waals surface area contributed by atoms with E-state index in [0.29, 0.717) is 12.1 Å². The lowest BCUT2D eigenvalue weighted by Gasteiger charge is -2.32. The van der Waals surface area contributed by atoms with Gasteiger partial charge in [-0.2, -0.15) is 0 Å². The summed E-state index contributed by atoms with van der Waals surface area (Å²) in [4.78, 5) is 5.05. The second-order valence-corrected chi connectivity index (χ2v) is 8.05. The van der Waals surface area contributed by atoms with Gasteiger partial charge >= 0.3 is 0 Å². The first kappa shape index (κ1) is 16.8. The second kappa shape index (κ2) is 6.64. The molecular weight excluding hydrogens is 334 g/mol. The Bertz CT molecular complexity index is 886. The van der Waals surface area contributed by atoms with Crippen LogP contribution in [0.25, 0.3) is 6.08 Å². The van der Waals surface area contributed by atoms with Gasteiger partial charge in [-0.1, -0.05) is 30.3 Å². The smallest absolute Gasteiger partial charge is 0.157 e. The fourth-order valence-electron chi connectivity index (χ4n) is 4.73.